The van der Waals surface area contributed by atoms with Crippen molar-refractivity contribution >= 4 is 17.7 Å². The number of ether oxygens (including phenoxy) is 3. The first-order valence-corrected chi connectivity index (χ1v) is 11.3. The molecule has 1 saturated carbocycles. The maximum absolute atomic E-state index is 12.9. The summed E-state index contributed by atoms with van der Waals surface area (Å²) in [6, 6.07) is 3.72. The molecule has 7 heteroatoms. The average molecular weight is 437 g/mol. The van der Waals surface area contributed by atoms with Gasteiger partial charge in [0.2, 0.25) is 5.91 Å². The first kappa shape index (κ1) is 20.0. The fourth-order valence-corrected chi connectivity index (χ4v) is 7.90. The largest absolute Gasteiger partial charge is 0.482 e. The van der Waals surface area contributed by atoms with Gasteiger partial charge in [0.05, 0.1) is 11.3 Å². The lowest BCUT2D eigenvalue weighted by molar-refractivity contribution is -0.214. The summed E-state index contributed by atoms with van der Waals surface area (Å²) >= 11 is 0. The van der Waals surface area contributed by atoms with E-state index in [9.17, 15) is 14.4 Å². The molecule has 2 aliphatic heterocycles. The van der Waals surface area contributed by atoms with Crippen molar-refractivity contribution in [1.82, 2.24) is 4.90 Å². The van der Waals surface area contributed by atoms with Crippen molar-refractivity contribution in [3.8, 4) is 11.5 Å². The molecule has 0 unspecified atom stereocenters. The van der Waals surface area contributed by atoms with Gasteiger partial charge in [0, 0.05) is 44.5 Å². The molecule has 2 heterocycles. The summed E-state index contributed by atoms with van der Waals surface area (Å²) in [5.41, 5.74) is 0.405. The Bertz CT molecular complexity index is 1130. The minimum absolute atomic E-state index is 0.0526. The number of amides is 1. The first-order chi connectivity index (χ1) is 15.2. The minimum atomic E-state index is -0.905. The van der Waals surface area contributed by atoms with Crippen molar-refractivity contribution in [2.24, 2.45) is 11.3 Å². The molecule has 7 rings (SSSR count). The van der Waals surface area contributed by atoms with Crippen LogP contribution in [-0.4, -0.2) is 54.0 Å². The molecule has 2 spiro atoms. The number of nitrogens with zero attached hydrogens (tertiary/aromatic N) is 1. The van der Waals surface area contributed by atoms with Crippen LogP contribution in [0.4, 0.5) is 0 Å². The molecular formula is C25H27NO6. The molecule has 1 amide bonds. The second kappa shape index (κ2) is 6.01. The molecule has 32 heavy (non-hydrogen) atoms. The molecule has 0 aromatic heterocycles. The van der Waals surface area contributed by atoms with E-state index in [1.807, 2.05) is 17.0 Å². The Kier molecular flexibility index (Phi) is 3.75. The van der Waals surface area contributed by atoms with Crippen LogP contribution in [0.1, 0.15) is 44.7 Å². The summed E-state index contributed by atoms with van der Waals surface area (Å²) in [5.74, 6) is 0.332. The summed E-state index contributed by atoms with van der Waals surface area (Å²) in [6.45, 7) is 5.24. The molecule has 4 bridgehead atoms. The molecule has 0 radical (unpaired) electrons. The van der Waals surface area contributed by atoms with Crippen LogP contribution in [0.3, 0.4) is 0 Å². The van der Waals surface area contributed by atoms with Crippen molar-refractivity contribution in [2.75, 3.05) is 13.7 Å². The van der Waals surface area contributed by atoms with Crippen molar-refractivity contribution in [3.05, 3.63) is 35.4 Å². The van der Waals surface area contributed by atoms with E-state index < -0.39 is 28.5 Å². The number of ketones is 1. The molecule has 1 aromatic carbocycles. The Labute approximate surface area is 186 Å². The fourth-order valence-electron chi connectivity index (χ4n) is 7.90. The van der Waals surface area contributed by atoms with E-state index in [2.05, 4.69) is 6.08 Å². The van der Waals surface area contributed by atoms with Crippen molar-refractivity contribution < 1.29 is 28.6 Å². The normalized spacial score (nSPS) is 39.4. The number of Topliss-reactive ketones (excluding diaryl/α,β-unsaturated/α-hetero) is 1. The summed E-state index contributed by atoms with van der Waals surface area (Å²) in [5, 5.41) is 0. The Morgan fingerprint density at radius 2 is 1.94 bits per heavy atom. The van der Waals surface area contributed by atoms with Crippen LogP contribution >= 0.6 is 0 Å². The van der Waals surface area contributed by atoms with Crippen LogP contribution in [0.2, 0.25) is 0 Å². The molecule has 6 atom stereocenters. The van der Waals surface area contributed by atoms with E-state index in [1.54, 1.807) is 27.0 Å². The number of likely N-dealkylation sites (tertiary alicyclic amines) is 1. The van der Waals surface area contributed by atoms with E-state index in [0.29, 0.717) is 37.3 Å². The lowest BCUT2D eigenvalue weighted by Crippen LogP contribution is -2.80. The summed E-state index contributed by atoms with van der Waals surface area (Å²) < 4.78 is 18.4. The lowest BCUT2D eigenvalue weighted by Gasteiger charge is -2.70. The SMILES string of the molecule is CO[C@@]12C=C[C@]3(C[C@H]1C(C)=O)[C@H]1Cc4ccc(OC(C)=O)c5c4[C@]3(CCN1C(C)=O)[C@@H]2O5. The number of piperidine rings is 1. The van der Waals surface area contributed by atoms with Gasteiger partial charge in [0.25, 0.3) is 0 Å². The number of methoxy groups -OCH3 is 1. The third kappa shape index (κ3) is 1.96. The number of hydrogen-bond acceptors (Lipinski definition) is 6. The second-order valence-corrected chi connectivity index (χ2v) is 9.97. The van der Waals surface area contributed by atoms with Crippen LogP contribution in [0.25, 0.3) is 0 Å². The number of esters is 1. The molecule has 2 fully saturated rings. The van der Waals surface area contributed by atoms with E-state index in [4.69, 9.17) is 14.2 Å². The third-order valence-corrected chi connectivity index (χ3v) is 8.94. The van der Waals surface area contributed by atoms with Gasteiger partial charge in [-0.3, -0.25) is 14.4 Å². The number of carbonyl (C=O) groups excluding carboxylic acids is 3. The number of rotatable bonds is 3. The highest BCUT2D eigenvalue weighted by molar-refractivity contribution is 5.83. The Morgan fingerprint density at radius 3 is 2.59 bits per heavy atom. The van der Waals surface area contributed by atoms with Gasteiger partial charge in [0.1, 0.15) is 17.5 Å². The number of fused-ring (bicyclic) bond motifs is 1. The maximum atomic E-state index is 12.9. The standard InChI is InChI=1S/C25H27NO6/c1-13(27)17-12-23-7-8-25(17,30-4)22-24(23)9-10-26(14(2)28)19(23)11-16-5-6-18(31-15(3)29)21(32-22)20(16)24/h5-8,17,19,22H,9-12H2,1-4H3/t17-,19+,22-,23-,24+,25-/m0/s1. The van der Waals surface area contributed by atoms with Gasteiger partial charge in [0.15, 0.2) is 11.5 Å². The van der Waals surface area contributed by atoms with Gasteiger partial charge in [-0.2, -0.15) is 0 Å². The summed E-state index contributed by atoms with van der Waals surface area (Å²) in [6.07, 6.45) is 5.79. The molecule has 168 valence electrons. The first-order valence-electron chi connectivity index (χ1n) is 11.3. The smallest absolute Gasteiger partial charge is 0.308 e. The number of benzene rings is 1. The quantitative estimate of drug-likeness (QED) is 0.410. The van der Waals surface area contributed by atoms with Crippen LogP contribution in [0.5, 0.6) is 11.5 Å². The maximum Gasteiger partial charge on any atom is 0.308 e. The van der Waals surface area contributed by atoms with Gasteiger partial charge < -0.3 is 19.1 Å². The summed E-state index contributed by atoms with van der Waals surface area (Å²) in [7, 11) is 1.64. The molecule has 7 nitrogen and oxygen atoms in total. The van der Waals surface area contributed by atoms with E-state index in [-0.39, 0.29) is 23.7 Å². The zero-order valence-electron chi connectivity index (χ0n) is 18.8. The van der Waals surface area contributed by atoms with Gasteiger partial charge in [-0.1, -0.05) is 18.2 Å². The van der Waals surface area contributed by atoms with Crippen LogP contribution in [0.15, 0.2) is 24.3 Å². The zero-order valence-corrected chi connectivity index (χ0v) is 18.8. The lowest BCUT2D eigenvalue weighted by atomic mass is 9.37. The summed E-state index contributed by atoms with van der Waals surface area (Å²) in [4.78, 5) is 39.4. The molecule has 6 aliphatic rings. The van der Waals surface area contributed by atoms with E-state index in [1.165, 1.54) is 6.92 Å². The highest BCUT2D eigenvalue weighted by Gasteiger charge is 2.80. The van der Waals surface area contributed by atoms with Crippen molar-refractivity contribution in [3.63, 3.8) is 0 Å². The zero-order chi connectivity index (χ0) is 22.6. The monoisotopic (exact) mass is 437 g/mol. The van der Waals surface area contributed by atoms with Crippen LogP contribution < -0.4 is 9.47 Å². The third-order valence-electron chi connectivity index (χ3n) is 8.94. The highest BCUT2D eigenvalue weighted by atomic mass is 16.6. The Balaban J connectivity index is 1.68. The van der Waals surface area contributed by atoms with Gasteiger partial charge >= 0.3 is 5.97 Å². The van der Waals surface area contributed by atoms with Crippen molar-refractivity contribution in [2.45, 2.75) is 63.2 Å². The molecule has 4 aliphatic carbocycles. The molecule has 0 N–H and O–H groups in total. The van der Waals surface area contributed by atoms with Crippen LogP contribution in [-0.2, 0) is 31.0 Å². The highest BCUT2D eigenvalue weighted by Crippen LogP contribution is 2.74. The number of carbonyl (C=O) groups is 3. The van der Waals surface area contributed by atoms with Gasteiger partial charge in [-0.25, -0.2) is 0 Å². The van der Waals surface area contributed by atoms with E-state index in [0.717, 1.165) is 11.1 Å². The fraction of sp³-hybridized carbons (Fsp3) is 0.560. The second-order valence-electron chi connectivity index (χ2n) is 9.97. The molecular weight excluding hydrogens is 410 g/mol. The Morgan fingerprint density at radius 1 is 1.16 bits per heavy atom. The van der Waals surface area contributed by atoms with E-state index >= 15 is 0 Å². The topological polar surface area (TPSA) is 82.1 Å². The molecule has 1 aromatic rings. The van der Waals surface area contributed by atoms with Gasteiger partial charge in [-0.15, -0.1) is 0 Å². The average Bonchev–Trinajstić information content (AvgIpc) is 3.11. The van der Waals surface area contributed by atoms with Crippen molar-refractivity contribution in [1.29, 1.82) is 0 Å². The number of hydrogen-bond donors (Lipinski definition) is 0. The minimum Gasteiger partial charge on any atom is -0.482 e. The van der Waals surface area contributed by atoms with Gasteiger partial charge in [-0.05, 0) is 37.8 Å². The predicted octanol–water partition coefficient (Wildman–Crippen LogP) is 2.34. The van der Waals surface area contributed by atoms with Crippen LogP contribution in [0, 0.1) is 11.3 Å². The molecule has 1 saturated heterocycles. The predicted molar refractivity (Wildman–Crippen MR) is 113 cm³/mol. The Hall–Kier alpha value is -2.67.